The van der Waals surface area contributed by atoms with Gasteiger partial charge in [-0.15, -0.1) is 11.3 Å². The van der Waals surface area contributed by atoms with Gasteiger partial charge in [-0.2, -0.15) is 15.2 Å². The van der Waals surface area contributed by atoms with Gasteiger partial charge < -0.3 is 28.6 Å². The van der Waals surface area contributed by atoms with Crippen LogP contribution in [0.15, 0.2) is 17.1 Å². The number of anilines is 1. The highest BCUT2D eigenvalue weighted by atomic mass is 32.1. The van der Waals surface area contributed by atoms with Gasteiger partial charge in [0.15, 0.2) is 11.6 Å². The van der Waals surface area contributed by atoms with Crippen LogP contribution in [0, 0.1) is 28.9 Å². The zero-order valence-electron chi connectivity index (χ0n) is 32.1. The van der Waals surface area contributed by atoms with Gasteiger partial charge in [0, 0.05) is 30.3 Å². The number of nitriles is 1. The van der Waals surface area contributed by atoms with E-state index >= 15 is 8.78 Å². The number of aromatic nitrogens is 2. The standard InChI is InChI=1S/C39H44F2N6O7S/c1-20-9-10-21(17-47(16-20)37(49)54-39(5,6)7)43-33-29-25-19-51-18-24(25)27(30(41)31(29)44-35(45-33)52-14-13-50-8)22-11-12-26(40)32-28(22)23(15-42)34(55-32)46-36(48)53-38(2,3)4/h11-12,20H,9-10,13-14,16-19H2,1-8H3,(H,46,48). The molecule has 0 bridgehead atoms. The van der Waals surface area contributed by atoms with Crippen molar-refractivity contribution in [2.75, 3.05) is 38.7 Å². The van der Waals surface area contributed by atoms with Crippen molar-refractivity contribution in [3.8, 4) is 23.2 Å². The summed E-state index contributed by atoms with van der Waals surface area (Å²) in [5.41, 5.74) is 0.231. The Balaban J connectivity index is 1.55. The molecule has 1 atom stereocenters. The molecule has 55 heavy (non-hydrogen) atoms. The van der Waals surface area contributed by atoms with Crippen molar-refractivity contribution in [3.63, 3.8) is 0 Å². The molecule has 6 rings (SSSR count). The zero-order valence-corrected chi connectivity index (χ0v) is 33.0. The van der Waals surface area contributed by atoms with Crippen molar-refractivity contribution in [2.45, 2.75) is 85.7 Å². The van der Waals surface area contributed by atoms with E-state index in [1.165, 1.54) is 19.2 Å². The topological polar surface area (TPSA) is 157 Å². The lowest BCUT2D eigenvalue weighted by Gasteiger charge is -2.27. The number of ether oxygens (including phenoxy) is 5. The molecule has 0 radical (unpaired) electrons. The minimum Gasteiger partial charge on any atom is -0.461 e. The third kappa shape index (κ3) is 8.64. The van der Waals surface area contributed by atoms with Gasteiger partial charge in [-0.05, 0) is 83.1 Å². The van der Waals surface area contributed by atoms with Crippen molar-refractivity contribution in [2.24, 2.45) is 10.9 Å². The fourth-order valence-electron chi connectivity index (χ4n) is 6.56. The van der Waals surface area contributed by atoms with Crippen molar-refractivity contribution >= 4 is 61.0 Å². The van der Waals surface area contributed by atoms with Gasteiger partial charge >= 0.3 is 18.2 Å². The van der Waals surface area contributed by atoms with E-state index in [0.29, 0.717) is 35.2 Å². The Kier molecular flexibility index (Phi) is 11.3. The molecule has 1 fully saturated rings. The molecule has 4 aromatic rings. The number of amides is 2. The van der Waals surface area contributed by atoms with E-state index in [4.69, 9.17) is 28.7 Å². The Morgan fingerprint density at radius 3 is 2.49 bits per heavy atom. The van der Waals surface area contributed by atoms with E-state index in [0.717, 1.165) is 17.8 Å². The SMILES string of the molecule is COCCOc1nc(N=C2CCC(C)CN(C(=O)OC(C)(C)C)C2)c2c3c(c(-c4ccc(F)c5sc(NC(=O)OC(C)(C)C)c(C#N)c45)c(F)c2n1)COC3. The maximum atomic E-state index is 17.4. The lowest BCUT2D eigenvalue weighted by Crippen LogP contribution is -2.40. The number of hydrogen-bond donors (Lipinski definition) is 1. The molecule has 2 aliphatic rings. The van der Waals surface area contributed by atoms with Crippen LogP contribution in [0.3, 0.4) is 0 Å². The van der Waals surface area contributed by atoms with E-state index < -0.39 is 35.0 Å². The summed E-state index contributed by atoms with van der Waals surface area (Å²) in [5, 5.41) is 13.4. The second-order valence-corrected chi connectivity index (χ2v) is 16.6. The highest BCUT2D eigenvalue weighted by Gasteiger charge is 2.33. The van der Waals surface area contributed by atoms with Gasteiger partial charge in [0.05, 0.1) is 42.0 Å². The number of rotatable bonds is 7. The Bertz CT molecular complexity index is 2240. The first-order valence-electron chi connectivity index (χ1n) is 17.9. The Morgan fingerprint density at radius 1 is 1.07 bits per heavy atom. The number of benzene rings is 2. The average molecular weight is 779 g/mol. The first-order valence-corrected chi connectivity index (χ1v) is 18.7. The summed E-state index contributed by atoms with van der Waals surface area (Å²) in [7, 11) is 1.51. The van der Waals surface area contributed by atoms with E-state index in [2.05, 4.69) is 28.3 Å². The number of fused-ring (bicyclic) bond motifs is 4. The number of nitrogens with one attached hydrogen (secondary N) is 1. The normalized spacial score (nSPS) is 16.9. The number of methoxy groups -OCH3 is 1. The summed E-state index contributed by atoms with van der Waals surface area (Å²) in [4.78, 5) is 41.7. The second kappa shape index (κ2) is 15.6. The first kappa shape index (κ1) is 39.7. The molecule has 2 amide bonds. The highest BCUT2D eigenvalue weighted by molar-refractivity contribution is 7.23. The van der Waals surface area contributed by atoms with Crippen LogP contribution in [0.1, 0.15) is 78.0 Å². The molecule has 4 heterocycles. The Morgan fingerprint density at radius 2 is 1.80 bits per heavy atom. The van der Waals surface area contributed by atoms with Crippen molar-refractivity contribution < 1.29 is 42.1 Å². The molecule has 292 valence electrons. The molecule has 13 nitrogen and oxygen atoms in total. The van der Waals surface area contributed by atoms with E-state index in [-0.39, 0.29) is 88.0 Å². The van der Waals surface area contributed by atoms with Crippen LogP contribution in [0.4, 0.5) is 29.2 Å². The molecule has 16 heteroatoms. The maximum Gasteiger partial charge on any atom is 0.412 e. The third-order valence-electron chi connectivity index (χ3n) is 8.81. The molecule has 1 N–H and O–H groups in total. The van der Waals surface area contributed by atoms with Crippen molar-refractivity contribution in [1.29, 1.82) is 5.26 Å². The molecular weight excluding hydrogens is 735 g/mol. The first-order chi connectivity index (χ1) is 26.0. The van der Waals surface area contributed by atoms with Gasteiger partial charge in [0.1, 0.15) is 40.2 Å². The number of carbonyl (C=O) groups excluding carboxylic acids is 2. The van der Waals surface area contributed by atoms with E-state index in [9.17, 15) is 14.9 Å². The number of hydrogen-bond acceptors (Lipinski definition) is 12. The molecular formula is C39H44F2N6O7S. The molecule has 2 aromatic heterocycles. The van der Waals surface area contributed by atoms with Crippen LogP contribution in [0.25, 0.3) is 32.1 Å². The van der Waals surface area contributed by atoms with E-state index in [1.54, 1.807) is 46.4 Å². The van der Waals surface area contributed by atoms with Gasteiger partial charge in [-0.1, -0.05) is 13.0 Å². The van der Waals surface area contributed by atoms with Crippen LogP contribution >= 0.6 is 11.3 Å². The lowest BCUT2D eigenvalue weighted by atomic mass is 9.90. The summed E-state index contributed by atoms with van der Waals surface area (Å²) in [6, 6.07) is 4.53. The van der Waals surface area contributed by atoms with Crippen LogP contribution in [0.5, 0.6) is 6.01 Å². The van der Waals surface area contributed by atoms with Gasteiger partial charge in [0.2, 0.25) is 0 Å². The highest BCUT2D eigenvalue weighted by Crippen LogP contribution is 2.48. The number of nitrogens with zero attached hydrogens (tertiary/aromatic N) is 5. The number of halogens is 2. The monoisotopic (exact) mass is 778 g/mol. The molecule has 2 aromatic carbocycles. The molecule has 1 unspecified atom stereocenters. The van der Waals surface area contributed by atoms with Gasteiger partial charge in [-0.3, -0.25) is 5.32 Å². The van der Waals surface area contributed by atoms with Crippen molar-refractivity contribution in [1.82, 2.24) is 14.9 Å². The molecule has 1 saturated heterocycles. The quantitative estimate of drug-likeness (QED) is 0.180. The molecule has 0 spiro atoms. The summed E-state index contributed by atoms with van der Waals surface area (Å²) < 4.78 is 60.9. The number of aliphatic imine (C=N–C) groups is 1. The largest absolute Gasteiger partial charge is 0.461 e. The zero-order chi connectivity index (χ0) is 39.8. The van der Waals surface area contributed by atoms with Crippen molar-refractivity contribution in [3.05, 3.63) is 40.5 Å². The minimum absolute atomic E-state index is 0.00251. The fourth-order valence-corrected chi connectivity index (χ4v) is 7.62. The second-order valence-electron chi connectivity index (χ2n) is 15.6. The summed E-state index contributed by atoms with van der Waals surface area (Å²) >= 11 is 0.848. The lowest BCUT2D eigenvalue weighted by molar-refractivity contribution is 0.0260. The van der Waals surface area contributed by atoms with Gasteiger partial charge in [-0.25, -0.2) is 23.4 Å². The predicted molar refractivity (Wildman–Crippen MR) is 204 cm³/mol. The maximum absolute atomic E-state index is 17.4. The predicted octanol–water partition coefficient (Wildman–Crippen LogP) is 8.80. The third-order valence-corrected chi connectivity index (χ3v) is 9.92. The van der Waals surface area contributed by atoms with Crippen LogP contribution < -0.4 is 10.1 Å². The molecule has 0 saturated carbocycles. The van der Waals surface area contributed by atoms with E-state index in [1.807, 2.05) is 0 Å². The summed E-state index contributed by atoms with van der Waals surface area (Å²) in [6.45, 7) is 13.5. The summed E-state index contributed by atoms with van der Waals surface area (Å²) in [6.07, 6.45) is 0.00163. The summed E-state index contributed by atoms with van der Waals surface area (Å²) in [5.74, 6) is -1.14. The smallest absolute Gasteiger partial charge is 0.412 e. The van der Waals surface area contributed by atoms with Crippen LogP contribution in [0.2, 0.25) is 0 Å². The number of carbonyl (C=O) groups is 2. The van der Waals surface area contributed by atoms with Gasteiger partial charge in [0.25, 0.3) is 0 Å². The number of likely N-dealkylation sites (tertiary alicyclic amines) is 1. The average Bonchev–Trinajstić information content (AvgIpc) is 3.66. The minimum atomic E-state index is -0.831. The van der Waals surface area contributed by atoms with Crippen LogP contribution in [-0.2, 0) is 32.2 Å². The Hall–Kier alpha value is -4.98. The molecule has 0 aliphatic carbocycles. The van der Waals surface area contributed by atoms with Crippen LogP contribution in [-0.4, -0.2) is 77.4 Å². The fraction of sp³-hybridized carbons (Fsp3) is 0.487. The Labute approximate surface area is 321 Å². The molecule has 2 aliphatic heterocycles. The number of thiophene rings is 1.